The van der Waals surface area contributed by atoms with Gasteiger partial charge in [0.25, 0.3) is 5.91 Å². The van der Waals surface area contributed by atoms with Crippen LogP contribution in [0.2, 0.25) is 0 Å². The van der Waals surface area contributed by atoms with Crippen molar-refractivity contribution in [3.8, 4) is 0 Å². The van der Waals surface area contributed by atoms with Gasteiger partial charge in [0.05, 0.1) is 6.10 Å². The fourth-order valence-electron chi connectivity index (χ4n) is 2.35. The van der Waals surface area contributed by atoms with Gasteiger partial charge in [0.1, 0.15) is 0 Å². The molecule has 1 amide bonds. The molecule has 2 rings (SSSR count). The van der Waals surface area contributed by atoms with Crippen LogP contribution in [-0.2, 0) is 4.74 Å². The Balaban J connectivity index is 2.08. The Hall–Kier alpha value is -1.07. The summed E-state index contributed by atoms with van der Waals surface area (Å²) in [6, 6.07) is 5.33. The molecule has 2 N–H and O–H groups in total. The number of anilines is 1. The van der Waals surface area contributed by atoms with Crippen molar-refractivity contribution in [3.63, 3.8) is 0 Å². The van der Waals surface area contributed by atoms with Crippen LogP contribution in [0.1, 0.15) is 30.1 Å². The zero-order valence-electron chi connectivity index (χ0n) is 11.1. The smallest absolute Gasteiger partial charge is 0.254 e. The Morgan fingerprint density at radius 3 is 3.05 bits per heavy atom. The second-order valence-corrected chi connectivity index (χ2v) is 5.56. The van der Waals surface area contributed by atoms with Gasteiger partial charge in [-0.3, -0.25) is 4.79 Å². The summed E-state index contributed by atoms with van der Waals surface area (Å²) in [6.45, 7) is 4.13. The Kier molecular flexibility index (Phi) is 4.82. The number of halogens is 1. The number of carbonyl (C=O) groups is 1. The van der Waals surface area contributed by atoms with E-state index in [4.69, 9.17) is 10.5 Å². The topological polar surface area (TPSA) is 55.6 Å². The van der Waals surface area contributed by atoms with Crippen molar-refractivity contribution in [3.05, 3.63) is 28.2 Å². The van der Waals surface area contributed by atoms with Crippen LogP contribution in [-0.4, -0.2) is 36.6 Å². The van der Waals surface area contributed by atoms with Gasteiger partial charge in [-0.05, 0) is 53.9 Å². The van der Waals surface area contributed by atoms with Gasteiger partial charge in [-0.1, -0.05) is 0 Å². The van der Waals surface area contributed by atoms with E-state index in [1.165, 1.54) is 0 Å². The molecule has 0 saturated carbocycles. The number of likely N-dealkylation sites (tertiary alicyclic amines) is 1. The first kappa shape index (κ1) is 14.3. The van der Waals surface area contributed by atoms with E-state index in [1.807, 2.05) is 17.9 Å². The number of rotatable bonds is 3. The maximum atomic E-state index is 12.4. The second kappa shape index (κ2) is 6.39. The minimum Gasteiger partial charge on any atom is -0.398 e. The monoisotopic (exact) mass is 326 g/mol. The number of piperidine rings is 1. The van der Waals surface area contributed by atoms with Gasteiger partial charge >= 0.3 is 0 Å². The molecular weight excluding hydrogens is 308 g/mol. The summed E-state index contributed by atoms with van der Waals surface area (Å²) in [6.07, 6.45) is 2.18. The van der Waals surface area contributed by atoms with Crippen LogP contribution in [0.25, 0.3) is 0 Å². The third kappa shape index (κ3) is 3.48. The molecule has 1 aliphatic heterocycles. The Labute approximate surface area is 122 Å². The molecule has 4 nitrogen and oxygen atoms in total. The zero-order valence-corrected chi connectivity index (χ0v) is 12.6. The Morgan fingerprint density at radius 1 is 1.58 bits per heavy atom. The van der Waals surface area contributed by atoms with Crippen LogP contribution in [0.4, 0.5) is 5.69 Å². The molecule has 1 atom stereocenters. The Bertz CT molecular complexity index is 463. The van der Waals surface area contributed by atoms with Crippen LogP contribution in [0, 0.1) is 0 Å². The van der Waals surface area contributed by atoms with E-state index in [-0.39, 0.29) is 12.0 Å². The first-order chi connectivity index (χ1) is 9.11. The number of benzene rings is 1. The van der Waals surface area contributed by atoms with Gasteiger partial charge in [-0.15, -0.1) is 0 Å². The van der Waals surface area contributed by atoms with E-state index in [1.54, 1.807) is 12.1 Å². The SMILES string of the molecule is CCOC1CCCN(C(=O)c2ccc(Br)c(N)c2)C1. The standard InChI is InChI=1S/C14H19BrN2O2/c1-2-19-11-4-3-7-17(9-11)14(18)10-5-6-12(15)13(16)8-10/h5-6,8,11H,2-4,7,9,16H2,1H3. The van der Waals surface area contributed by atoms with Gasteiger partial charge in [0, 0.05) is 35.4 Å². The fourth-order valence-corrected chi connectivity index (χ4v) is 2.60. The molecule has 1 aliphatic rings. The number of hydrogen-bond acceptors (Lipinski definition) is 3. The van der Waals surface area contributed by atoms with Gasteiger partial charge in [0.2, 0.25) is 0 Å². The maximum Gasteiger partial charge on any atom is 0.254 e. The number of nitrogens with two attached hydrogens (primary N) is 1. The summed E-state index contributed by atoms with van der Waals surface area (Å²) in [7, 11) is 0. The lowest BCUT2D eigenvalue weighted by Crippen LogP contribution is -2.43. The minimum atomic E-state index is 0.0311. The van der Waals surface area contributed by atoms with Gasteiger partial charge in [-0.25, -0.2) is 0 Å². The lowest BCUT2D eigenvalue weighted by Gasteiger charge is -2.32. The van der Waals surface area contributed by atoms with Crippen LogP contribution in [0.15, 0.2) is 22.7 Å². The van der Waals surface area contributed by atoms with Crippen molar-refractivity contribution in [2.24, 2.45) is 0 Å². The van der Waals surface area contributed by atoms with E-state index in [0.29, 0.717) is 24.4 Å². The number of carbonyl (C=O) groups excluding carboxylic acids is 1. The highest BCUT2D eigenvalue weighted by molar-refractivity contribution is 9.10. The van der Waals surface area contributed by atoms with E-state index in [0.717, 1.165) is 23.9 Å². The van der Waals surface area contributed by atoms with Gasteiger partial charge in [0.15, 0.2) is 0 Å². The summed E-state index contributed by atoms with van der Waals surface area (Å²) in [5, 5.41) is 0. The summed E-state index contributed by atoms with van der Waals surface area (Å²) >= 11 is 3.33. The van der Waals surface area contributed by atoms with Crippen molar-refractivity contribution in [1.82, 2.24) is 4.90 Å². The summed E-state index contributed by atoms with van der Waals surface area (Å²) in [4.78, 5) is 14.3. The predicted molar refractivity (Wildman–Crippen MR) is 79.1 cm³/mol. The number of amides is 1. The van der Waals surface area contributed by atoms with Crippen LogP contribution in [0.3, 0.4) is 0 Å². The molecule has 0 radical (unpaired) electrons. The second-order valence-electron chi connectivity index (χ2n) is 4.71. The molecule has 1 fully saturated rings. The average Bonchev–Trinajstić information content (AvgIpc) is 2.42. The van der Waals surface area contributed by atoms with Crippen molar-refractivity contribution in [2.75, 3.05) is 25.4 Å². The van der Waals surface area contributed by atoms with Gasteiger partial charge in [-0.2, -0.15) is 0 Å². The number of nitrogen functional groups attached to an aromatic ring is 1. The summed E-state index contributed by atoms with van der Waals surface area (Å²) < 4.78 is 6.43. The average molecular weight is 327 g/mol. The van der Waals surface area contributed by atoms with E-state index in [2.05, 4.69) is 15.9 Å². The maximum absolute atomic E-state index is 12.4. The lowest BCUT2D eigenvalue weighted by atomic mass is 10.1. The molecule has 1 saturated heterocycles. The van der Waals surface area contributed by atoms with E-state index >= 15 is 0 Å². The Morgan fingerprint density at radius 2 is 2.37 bits per heavy atom. The lowest BCUT2D eigenvalue weighted by molar-refractivity contribution is 0.00724. The highest BCUT2D eigenvalue weighted by Gasteiger charge is 2.24. The van der Waals surface area contributed by atoms with E-state index in [9.17, 15) is 4.79 Å². The van der Waals surface area contributed by atoms with E-state index < -0.39 is 0 Å². The molecule has 1 aromatic carbocycles. The quantitative estimate of drug-likeness (QED) is 0.869. The van der Waals surface area contributed by atoms with Crippen LogP contribution < -0.4 is 5.73 Å². The molecule has 0 bridgehead atoms. The number of nitrogens with zero attached hydrogens (tertiary/aromatic N) is 1. The molecule has 19 heavy (non-hydrogen) atoms. The first-order valence-electron chi connectivity index (χ1n) is 6.57. The third-order valence-electron chi connectivity index (χ3n) is 3.31. The van der Waals surface area contributed by atoms with Crippen molar-refractivity contribution >= 4 is 27.5 Å². The zero-order chi connectivity index (χ0) is 13.8. The predicted octanol–water partition coefficient (Wildman–Crippen LogP) is 2.67. The molecule has 5 heteroatoms. The molecule has 0 aromatic heterocycles. The summed E-state index contributed by atoms with van der Waals surface area (Å²) in [5.41, 5.74) is 7.04. The van der Waals surface area contributed by atoms with Crippen LogP contribution in [0.5, 0.6) is 0 Å². The highest BCUT2D eigenvalue weighted by atomic mass is 79.9. The van der Waals surface area contributed by atoms with Crippen LogP contribution >= 0.6 is 15.9 Å². The van der Waals surface area contributed by atoms with Crippen molar-refractivity contribution < 1.29 is 9.53 Å². The molecule has 1 heterocycles. The minimum absolute atomic E-state index is 0.0311. The molecule has 1 aromatic rings. The molecular formula is C14H19BrN2O2. The normalized spacial score (nSPS) is 19.5. The molecule has 104 valence electrons. The molecule has 0 spiro atoms. The molecule has 1 unspecified atom stereocenters. The van der Waals surface area contributed by atoms with Gasteiger partial charge < -0.3 is 15.4 Å². The number of hydrogen-bond donors (Lipinski definition) is 1. The largest absolute Gasteiger partial charge is 0.398 e. The number of ether oxygens (including phenoxy) is 1. The molecule has 0 aliphatic carbocycles. The van der Waals surface area contributed by atoms with Crippen molar-refractivity contribution in [1.29, 1.82) is 0 Å². The first-order valence-corrected chi connectivity index (χ1v) is 7.37. The third-order valence-corrected chi connectivity index (χ3v) is 4.03. The van der Waals surface area contributed by atoms with Crippen molar-refractivity contribution in [2.45, 2.75) is 25.9 Å². The fraction of sp³-hybridized carbons (Fsp3) is 0.500. The highest BCUT2D eigenvalue weighted by Crippen LogP contribution is 2.22. The summed E-state index contributed by atoms with van der Waals surface area (Å²) in [5.74, 6) is 0.0311.